The summed E-state index contributed by atoms with van der Waals surface area (Å²) in [4.78, 5) is 8.08. The van der Waals surface area contributed by atoms with Crippen LogP contribution < -0.4 is 4.72 Å². The van der Waals surface area contributed by atoms with Crippen LogP contribution >= 0.6 is 0 Å². The third kappa shape index (κ3) is 4.90. The van der Waals surface area contributed by atoms with Crippen LogP contribution in [0.25, 0.3) is 0 Å². The summed E-state index contributed by atoms with van der Waals surface area (Å²) in [6.07, 6.45) is -1.90. The van der Waals surface area contributed by atoms with E-state index in [0.717, 1.165) is 12.1 Å². The number of rotatable bonds is 4. The summed E-state index contributed by atoms with van der Waals surface area (Å²) < 4.78 is 66.7. The van der Waals surface area contributed by atoms with Crippen LogP contribution in [0.3, 0.4) is 0 Å². The molecule has 2 rings (SSSR count). The van der Waals surface area contributed by atoms with Crippen molar-refractivity contribution in [3.63, 3.8) is 0 Å². The molecule has 0 amide bonds. The van der Waals surface area contributed by atoms with E-state index in [9.17, 15) is 22.1 Å². The van der Waals surface area contributed by atoms with Gasteiger partial charge in [0.1, 0.15) is 16.6 Å². The van der Waals surface area contributed by atoms with E-state index in [1.54, 1.807) is 26.8 Å². The fraction of sp³-hybridized carbons (Fsp3) is 0.375. The Bertz CT molecular complexity index is 720. The normalized spacial score (nSPS) is 15.0. The molecule has 0 aliphatic carbocycles. The molecule has 2 aromatic rings. The maximum Gasteiger partial charge on any atom is 0.419 e. The molecule has 0 saturated carbocycles. The van der Waals surface area contributed by atoms with Crippen molar-refractivity contribution >= 4 is 11.4 Å². The molecule has 1 N–H and O–H groups in total. The molecule has 1 heterocycles. The van der Waals surface area contributed by atoms with E-state index in [4.69, 9.17) is 0 Å². The molecule has 1 aromatic heterocycles. The van der Waals surface area contributed by atoms with Gasteiger partial charge in [-0.3, -0.25) is 0 Å². The molecule has 9 heteroatoms. The highest BCUT2D eigenvalue weighted by atomic mass is 32.2. The second-order valence-electron chi connectivity index (χ2n) is 6.28. The first-order chi connectivity index (χ1) is 11.5. The highest BCUT2D eigenvalue weighted by molar-refractivity contribution is 7.90. The molecule has 136 valence electrons. The molecule has 0 aliphatic heterocycles. The van der Waals surface area contributed by atoms with Crippen LogP contribution in [0.2, 0.25) is 0 Å². The molecule has 2 unspecified atom stereocenters. The molecule has 0 bridgehead atoms. The Balaban J connectivity index is 2.44. The van der Waals surface area contributed by atoms with Crippen molar-refractivity contribution in [3.05, 3.63) is 59.4 Å². The number of alkyl halides is 3. The Morgan fingerprint density at radius 2 is 1.72 bits per heavy atom. The van der Waals surface area contributed by atoms with Crippen LogP contribution in [-0.2, 0) is 17.5 Å². The number of benzene rings is 1. The standard InChI is InChI=1S/C16H17F4N3OS/c1-15(2,3)25(24)23-13(14-21-7-4-8-22-14)10-5-6-11(12(17)9-10)16(18,19)20/h4-9,13,23H,1-3H3. The average molecular weight is 375 g/mol. The molecular formula is C16H17F4N3OS. The van der Waals surface area contributed by atoms with Crippen molar-refractivity contribution in [2.45, 2.75) is 37.7 Å². The lowest BCUT2D eigenvalue weighted by atomic mass is 10.0. The van der Waals surface area contributed by atoms with Crippen molar-refractivity contribution in [2.75, 3.05) is 0 Å². The van der Waals surface area contributed by atoms with Crippen molar-refractivity contribution < 1.29 is 22.1 Å². The summed E-state index contributed by atoms with van der Waals surface area (Å²) >= 11 is -1.57. The van der Waals surface area contributed by atoms with Crippen LogP contribution in [0.4, 0.5) is 17.6 Å². The number of aromatic nitrogens is 2. The first kappa shape index (κ1) is 19.6. The predicted molar refractivity (Wildman–Crippen MR) is 86.3 cm³/mol. The van der Waals surface area contributed by atoms with Gasteiger partial charge in [-0.05, 0) is 44.5 Å². The Morgan fingerprint density at radius 1 is 1.12 bits per heavy atom. The van der Waals surface area contributed by atoms with Crippen molar-refractivity contribution in [1.82, 2.24) is 14.7 Å². The lowest BCUT2D eigenvalue weighted by Crippen LogP contribution is -2.42. The number of nitrogens with one attached hydrogen (secondary N) is 1. The maximum absolute atomic E-state index is 13.9. The second kappa shape index (κ2) is 7.27. The monoisotopic (exact) mass is 375 g/mol. The lowest BCUT2D eigenvalue weighted by molar-refractivity contribution is -0.140. The van der Waals surface area contributed by atoms with E-state index >= 15 is 0 Å². The fourth-order valence-electron chi connectivity index (χ4n) is 1.95. The van der Waals surface area contributed by atoms with E-state index in [0.29, 0.717) is 6.07 Å². The Labute approximate surface area is 146 Å². The molecule has 0 radical (unpaired) electrons. The zero-order valence-electron chi connectivity index (χ0n) is 13.8. The first-order valence-electron chi connectivity index (χ1n) is 7.32. The van der Waals surface area contributed by atoms with Gasteiger partial charge in [0.15, 0.2) is 5.82 Å². The minimum absolute atomic E-state index is 0.148. The van der Waals surface area contributed by atoms with Gasteiger partial charge in [0.25, 0.3) is 0 Å². The summed E-state index contributed by atoms with van der Waals surface area (Å²) in [6, 6.07) is 3.19. The first-order valence-corrected chi connectivity index (χ1v) is 8.47. The molecule has 2 atom stereocenters. The number of halogens is 4. The summed E-state index contributed by atoms with van der Waals surface area (Å²) in [7, 11) is 0. The molecule has 4 nitrogen and oxygen atoms in total. The van der Waals surface area contributed by atoms with Crippen LogP contribution in [0.1, 0.15) is 43.8 Å². The molecule has 0 aliphatic rings. The van der Waals surface area contributed by atoms with Gasteiger partial charge in [-0.2, -0.15) is 13.2 Å². The van der Waals surface area contributed by atoms with Crippen molar-refractivity contribution in [1.29, 1.82) is 0 Å². The minimum Gasteiger partial charge on any atom is -0.598 e. The smallest absolute Gasteiger partial charge is 0.419 e. The highest BCUT2D eigenvalue weighted by Gasteiger charge is 2.36. The van der Waals surface area contributed by atoms with Gasteiger partial charge in [-0.1, -0.05) is 6.07 Å². The SMILES string of the molecule is CC(C)(C)[S+]([O-])NC(c1ccc(C(F)(F)F)c(F)c1)c1ncccn1. The van der Waals surface area contributed by atoms with Gasteiger partial charge >= 0.3 is 6.18 Å². The summed E-state index contributed by atoms with van der Waals surface area (Å²) in [5, 5.41) is 0. The number of nitrogens with zero attached hydrogens (tertiary/aromatic N) is 2. The Morgan fingerprint density at radius 3 is 2.20 bits per heavy atom. The topological polar surface area (TPSA) is 60.9 Å². The van der Waals surface area contributed by atoms with E-state index in [1.165, 1.54) is 12.4 Å². The van der Waals surface area contributed by atoms with E-state index < -0.39 is 39.7 Å². The molecule has 0 saturated heterocycles. The van der Waals surface area contributed by atoms with Gasteiger partial charge < -0.3 is 4.55 Å². The van der Waals surface area contributed by atoms with Gasteiger partial charge in [0.05, 0.1) is 5.56 Å². The summed E-state index contributed by atoms with van der Waals surface area (Å²) in [6.45, 7) is 5.19. The minimum atomic E-state index is -4.79. The van der Waals surface area contributed by atoms with Crippen LogP contribution in [0, 0.1) is 5.82 Å². The quantitative estimate of drug-likeness (QED) is 0.653. The highest BCUT2D eigenvalue weighted by Crippen LogP contribution is 2.33. The zero-order valence-corrected chi connectivity index (χ0v) is 14.6. The third-order valence-corrected chi connectivity index (χ3v) is 4.82. The summed E-state index contributed by atoms with van der Waals surface area (Å²) in [5.41, 5.74) is -1.21. The largest absolute Gasteiger partial charge is 0.598 e. The molecular weight excluding hydrogens is 358 g/mol. The van der Waals surface area contributed by atoms with Crippen LogP contribution in [0.5, 0.6) is 0 Å². The van der Waals surface area contributed by atoms with E-state index in [2.05, 4.69) is 14.7 Å². The van der Waals surface area contributed by atoms with Crippen LogP contribution in [0.15, 0.2) is 36.7 Å². The second-order valence-corrected chi connectivity index (χ2v) is 8.27. The van der Waals surface area contributed by atoms with Crippen LogP contribution in [-0.4, -0.2) is 19.3 Å². The molecule has 0 spiro atoms. The molecule has 25 heavy (non-hydrogen) atoms. The Kier molecular flexibility index (Phi) is 5.70. The predicted octanol–water partition coefficient (Wildman–Crippen LogP) is 3.78. The van der Waals surface area contributed by atoms with E-state index in [-0.39, 0.29) is 11.4 Å². The summed E-state index contributed by atoms with van der Waals surface area (Å²) in [5.74, 6) is -1.23. The van der Waals surface area contributed by atoms with Gasteiger partial charge in [-0.15, -0.1) is 4.72 Å². The maximum atomic E-state index is 13.9. The lowest BCUT2D eigenvalue weighted by Gasteiger charge is -2.27. The van der Waals surface area contributed by atoms with Crippen molar-refractivity contribution in [2.24, 2.45) is 0 Å². The van der Waals surface area contributed by atoms with Crippen molar-refractivity contribution in [3.8, 4) is 0 Å². The van der Waals surface area contributed by atoms with Gasteiger partial charge in [0, 0.05) is 23.8 Å². The number of hydrogen-bond acceptors (Lipinski definition) is 4. The molecule has 0 fully saturated rings. The van der Waals surface area contributed by atoms with Gasteiger partial charge in [-0.25, -0.2) is 14.4 Å². The third-order valence-electron chi connectivity index (χ3n) is 3.26. The zero-order chi connectivity index (χ0) is 18.8. The van der Waals surface area contributed by atoms with Gasteiger partial charge in [0.2, 0.25) is 0 Å². The number of hydrogen-bond donors (Lipinski definition) is 1. The molecule has 1 aromatic carbocycles. The van der Waals surface area contributed by atoms with E-state index in [1.807, 2.05) is 0 Å². The average Bonchev–Trinajstić information content (AvgIpc) is 2.51. The Hall–Kier alpha value is -1.71. The fourth-order valence-corrected chi connectivity index (χ4v) is 2.76.